The quantitative estimate of drug-likeness (QED) is 0.132. The molecule has 9 nitrogen and oxygen atoms in total. The van der Waals surface area contributed by atoms with E-state index in [9.17, 15) is 18.0 Å². The highest BCUT2D eigenvalue weighted by Crippen LogP contribution is 2.22. The maximum Gasteiger partial charge on any atom is 0.305 e. The van der Waals surface area contributed by atoms with Gasteiger partial charge in [-0.2, -0.15) is 8.42 Å². The van der Waals surface area contributed by atoms with E-state index >= 15 is 0 Å². The summed E-state index contributed by atoms with van der Waals surface area (Å²) in [6, 6.07) is 0. The van der Waals surface area contributed by atoms with Crippen molar-refractivity contribution in [3.8, 4) is 0 Å². The SMILES string of the molecule is NN.O=C1CC(O)(S(=O)(=O)O)C(=O)N1. The van der Waals surface area contributed by atoms with E-state index in [1.165, 1.54) is 0 Å². The molecule has 1 unspecified atom stereocenters. The number of nitrogens with two attached hydrogens (primary N) is 2. The maximum absolute atomic E-state index is 10.6. The number of imide groups is 1. The molecule has 82 valence electrons. The van der Waals surface area contributed by atoms with Gasteiger partial charge in [-0.3, -0.25) is 31.1 Å². The number of amides is 2. The standard InChI is InChI=1S/C4H5NO6S.H4N2/c6-2-1-4(8,3(7)5-2)12(9,10)11;1-2/h8H,1H2,(H,5,6,7)(H,9,10,11);1-2H2. The smallest absolute Gasteiger partial charge is 0.305 e. The van der Waals surface area contributed by atoms with Crippen LogP contribution in [-0.2, 0) is 19.7 Å². The minimum absolute atomic E-state index is 0.944. The van der Waals surface area contributed by atoms with E-state index in [1.54, 1.807) is 5.32 Å². The molecule has 1 heterocycles. The van der Waals surface area contributed by atoms with Crippen molar-refractivity contribution in [2.24, 2.45) is 11.7 Å². The molecule has 7 N–H and O–H groups in total. The molecule has 1 saturated heterocycles. The highest BCUT2D eigenvalue weighted by atomic mass is 32.2. The number of hydrazine groups is 1. The van der Waals surface area contributed by atoms with Crippen LogP contribution >= 0.6 is 0 Å². The number of carbonyl (C=O) groups is 2. The Balaban J connectivity index is 0.000000791. The van der Waals surface area contributed by atoms with Crippen molar-refractivity contribution in [2.45, 2.75) is 11.4 Å². The molecule has 0 saturated carbocycles. The first-order valence-corrected chi connectivity index (χ1v) is 4.58. The van der Waals surface area contributed by atoms with Gasteiger partial charge in [0.2, 0.25) is 5.91 Å². The molecule has 0 aromatic carbocycles. The Morgan fingerprint density at radius 1 is 1.36 bits per heavy atom. The lowest BCUT2D eigenvalue weighted by Gasteiger charge is -2.12. The predicted molar refractivity (Wildman–Crippen MR) is 42.6 cm³/mol. The highest BCUT2D eigenvalue weighted by Gasteiger charge is 2.55. The number of hydrogen-bond donors (Lipinski definition) is 5. The summed E-state index contributed by atoms with van der Waals surface area (Å²) in [6.07, 6.45) is -0.968. The van der Waals surface area contributed by atoms with Crippen LogP contribution in [0.5, 0.6) is 0 Å². The van der Waals surface area contributed by atoms with Crippen molar-refractivity contribution >= 4 is 21.9 Å². The Kier molecular flexibility index (Phi) is 3.67. The molecular weight excluding hydrogens is 218 g/mol. The second kappa shape index (κ2) is 3.98. The fraction of sp³-hybridized carbons (Fsp3) is 0.500. The van der Waals surface area contributed by atoms with Crippen molar-refractivity contribution in [1.29, 1.82) is 0 Å². The zero-order valence-corrected chi connectivity index (χ0v) is 7.61. The molecule has 10 heteroatoms. The van der Waals surface area contributed by atoms with Crippen molar-refractivity contribution in [2.75, 3.05) is 0 Å². The molecular formula is C4H9N3O6S. The summed E-state index contributed by atoms with van der Waals surface area (Å²) in [7, 11) is -4.96. The van der Waals surface area contributed by atoms with Gasteiger partial charge in [0.1, 0.15) is 0 Å². The molecule has 1 aliphatic rings. The number of aliphatic hydroxyl groups is 1. The number of carbonyl (C=O) groups excluding carboxylic acids is 2. The molecule has 1 rings (SSSR count). The molecule has 2 amide bonds. The van der Waals surface area contributed by atoms with Gasteiger partial charge in [0, 0.05) is 0 Å². The Labute approximate surface area is 78.8 Å². The molecule has 0 aromatic heterocycles. The molecule has 0 aromatic rings. The first kappa shape index (κ1) is 12.9. The van der Waals surface area contributed by atoms with Gasteiger partial charge in [-0.25, -0.2) is 0 Å². The Morgan fingerprint density at radius 2 is 1.79 bits per heavy atom. The third-order valence-corrected chi connectivity index (χ3v) is 2.62. The van der Waals surface area contributed by atoms with E-state index in [1.807, 2.05) is 0 Å². The van der Waals surface area contributed by atoms with Gasteiger partial charge in [-0.05, 0) is 0 Å². The highest BCUT2D eigenvalue weighted by molar-refractivity contribution is 7.88. The van der Waals surface area contributed by atoms with Crippen molar-refractivity contribution in [3.05, 3.63) is 0 Å². The minimum atomic E-state index is -4.96. The molecule has 1 fully saturated rings. The number of rotatable bonds is 1. The Morgan fingerprint density at radius 3 is 1.93 bits per heavy atom. The van der Waals surface area contributed by atoms with Crippen LogP contribution in [-0.4, -0.2) is 34.8 Å². The van der Waals surface area contributed by atoms with E-state index in [0.717, 1.165) is 0 Å². The van der Waals surface area contributed by atoms with Crippen LogP contribution in [0.4, 0.5) is 0 Å². The summed E-state index contributed by atoms with van der Waals surface area (Å²) in [5.74, 6) is 5.63. The second-order valence-corrected chi connectivity index (χ2v) is 3.94. The summed E-state index contributed by atoms with van der Waals surface area (Å²) in [6.45, 7) is 0. The number of hydrogen-bond acceptors (Lipinski definition) is 7. The fourth-order valence-electron chi connectivity index (χ4n) is 0.775. The number of nitrogens with one attached hydrogen (secondary N) is 1. The lowest BCUT2D eigenvalue weighted by Crippen LogP contribution is -2.45. The van der Waals surface area contributed by atoms with Gasteiger partial charge in [0.05, 0.1) is 6.42 Å². The van der Waals surface area contributed by atoms with Crippen LogP contribution in [0.3, 0.4) is 0 Å². The third-order valence-electron chi connectivity index (χ3n) is 1.43. The van der Waals surface area contributed by atoms with Gasteiger partial charge in [-0.15, -0.1) is 0 Å². The van der Waals surface area contributed by atoms with Crippen molar-refractivity contribution in [3.63, 3.8) is 0 Å². The predicted octanol–water partition coefficient (Wildman–Crippen LogP) is -3.57. The van der Waals surface area contributed by atoms with Gasteiger partial charge in [0.15, 0.2) is 0 Å². The van der Waals surface area contributed by atoms with E-state index in [-0.39, 0.29) is 0 Å². The molecule has 0 bridgehead atoms. The van der Waals surface area contributed by atoms with E-state index in [2.05, 4.69) is 11.7 Å². The first-order valence-electron chi connectivity index (χ1n) is 3.14. The van der Waals surface area contributed by atoms with Crippen molar-refractivity contribution < 1.29 is 27.7 Å². The molecule has 0 radical (unpaired) electrons. The maximum atomic E-state index is 10.6. The average molecular weight is 227 g/mol. The summed E-state index contributed by atoms with van der Waals surface area (Å²) >= 11 is 0. The zero-order chi connectivity index (χ0) is 11.6. The topological polar surface area (TPSA) is 173 Å². The van der Waals surface area contributed by atoms with Gasteiger partial charge < -0.3 is 5.11 Å². The van der Waals surface area contributed by atoms with Crippen molar-refractivity contribution in [1.82, 2.24) is 5.32 Å². The largest absolute Gasteiger partial charge is 0.365 e. The average Bonchev–Trinajstić information content (AvgIpc) is 2.30. The summed E-state index contributed by atoms with van der Waals surface area (Å²) in [4.78, 5) is 18.1. The monoisotopic (exact) mass is 227 g/mol. The normalized spacial score (nSPS) is 26.6. The first-order chi connectivity index (χ1) is 6.27. The summed E-state index contributed by atoms with van der Waals surface area (Å²) < 4.78 is 29.2. The molecule has 0 aliphatic carbocycles. The molecule has 0 spiro atoms. The summed E-state index contributed by atoms with van der Waals surface area (Å²) in [5.41, 5.74) is 0. The van der Waals surface area contributed by atoms with Crippen LogP contribution in [0.15, 0.2) is 0 Å². The van der Waals surface area contributed by atoms with Crippen LogP contribution in [0.1, 0.15) is 6.42 Å². The lowest BCUT2D eigenvalue weighted by atomic mass is 10.3. The van der Waals surface area contributed by atoms with Gasteiger partial charge in [-0.1, -0.05) is 0 Å². The third kappa shape index (κ3) is 2.05. The van der Waals surface area contributed by atoms with E-state index in [4.69, 9.17) is 9.66 Å². The molecule has 1 atom stereocenters. The van der Waals surface area contributed by atoms with E-state index in [0.29, 0.717) is 0 Å². The molecule has 1 aliphatic heterocycles. The van der Waals surface area contributed by atoms with Crippen LogP contribution in [0.25, 0.3) is 0 Å². The van der Waals surface area contributed by atoms with Gasteiger partial charge in [0.25, 0.3) is 10.8 Å². The van der Waals surface area contributed by atoms with Crippen LogP contribution in [0, 0.1) is 0 Å². The minimum Gasteiger partial charge on any atom is -0.365 e. The van der Waals surface area contributed by atoms with Crippen LogP contribution < -0.4 is 17.0 Å². The van der Waals surface area contributed by atoms with Crippen LogP contribution in [0.2, 0.25) is 0 Å². The second-order valence-electron chi connectivity index (χ2n) is 2.31. The zero-order valence-electron chi connectivity index (χ0n) is 6.80. The molecule has 14 heavy (non-hydrogen) atoms. The fourth-order valence-corrected chi connectivity index (χ4v) is 1.37. The van der Waals surface area contributed by atoms with E-state index < -0.39 is 33.3 Å². The Hall–Kier alpha value is -1.07. The van der Waals surface area contributed by atoms with Gasteiger partial charge >= 0.3 is 10.1 Å². The lowest BCUT2D eigenvalue weighted by molar-refractivity contribution is -0.129. The summed E-state index contributed by atoms with van der Waals surface area (Å²) in [5, 5.41) is 10.5. The Bertz CT molecular complexity index is 350.